The summed E-state index contributed by atoms with van der Waals surface area (Å²) in [5, 5.41) is 33.3. The Kier molecular flexibility index (Phi) is 5.48. The van der Waals surface area contributed by atoms with Crippen LogP contribution < -0.4 is 16.0 Å². The highest BCUT2D eigenvalue weighted by Gasteiger charge is 2.28. The maximum atomic E-state index is 10.2. The van der Waals surface area contributed by atoms with E-state index >= 15 is 0 Å². The molecule has 0 bridgehead atoms. The number of fused-ring (bicyclic) bond motifs is 1. The third-order valence-corrected chi connectivity index (χ3v) is 6.12. The van der Waals surface area contributed by atoms with Crippen molar-refractivity contribution in [1.82, 2.24) is 15.2 Å². The number of pyridine rings is 1. The average molecular weight is 418 g/mol. The lowest BCUT2D eigenvalue weighted by atomic mass is 9.94. The number of hydrogen-bond acceptors (Lipinski definition) is 8. The van der Waals surface area contributed by atoms with E-state index < -0.39 is 11.8 Å². The van der Waals surface area contributed by atoms with Gasteiger partial charge in [-0.2, -0.15) is 10.4 Å². The van der Waals surface area contributed by atoms with Gasteiger partial charge >= 0.3 is 0 Å². The summed E-state index contributed by atoms with van der Waals surface area (Å²) < 4.78 is 0. The molecule has 3 heterocycles. The van der Waals surface area contributed by atoms with Gasteiger partial charge in [0.1, 0.15) is 12.0 Å². The first-order valence-electron chi connectivity index (χ1n) is 10.4. The van der Waals surface area contributed by atoms with Crippen LogP contribution in [0.15, 0.2) is 30.5 Å². The zero-order chi connectivity index (χ0) is 22.2. The number of benzene rings is 1. The molecule has 1 saturated heterocycles. The molecule has 0 amide bonds. The second kappa shape index (κ2) is 8.10. The number of nitrogens with zero attached hydrogens (tertiary/aromatic N) is 5. The van der Waals surface area contributed by atoms with Crippen molar-refractivity contribution in [2.24, 2.45) is 5.73 Å². The van der Waals surface area contributed by atoms with E-state index in [0.29, 0.717) is 24.2 Å². The molecule has 8 heteroatoms. The predicted octanol–water partition coefficient (Wildman–Crippen LogP) is 2.93. The highest BCUT2D eigenvalue weighted by atomic mass is 16.3. The summed E-state index contributed by atoms with van der Waals surface area (Å²) in [6.45, 7) is 7.15. The molecule has 0 radical (unpaired) electrons. The maximum Gasteiger partial charge on any atom is 0.158 e. The van der Waals surface area contributed by atoms with E-state index in [1.54, 1.807) is 6.07 Å². The Hall–Kier alpha value is -3.28. The summed E-state index contributed by atoms with van der Waals surface area (Å²) >= 11 is 0. The molecule has 4 N–H and O–H groups in total. The van der Waals surface area contributed by atoms with Crippen LogP contribution in [-0.4, -0.2) is 39.0 Å². The maximum absolute atomic E-state index is 10.2. The molecule has 3 aromatic rings. The molecule has 1 aliphatic heterocycles. The number of aromatic nitrogens is 3. The van der Waals surface area contributed by atoms with Gasteiger partial charge in [0.2, 0.25) is 0 Å². The van der Waals surface area contributed by atoms with Crippen LogP contribution in [-0.2, 0) is 0 Å². The number of nitriles is 1. The van der Waals surface area contributed by atoms with Crippen molar-refractivity contribution in [1.29, 1.82) is 5.26 Å². The zero-order valence-electron chi connectivity index (χ0n) is 18.1. The minimum atomic E-state index is -0.620. The number of nitrogens with two attached hydrogens (primary N) is 1. The molecule has 4 rings (SSSR count). The first-order valence-corrected chi connectivity index (χ1v) is 10.4. The average Bonchev–Trinajstić information content (AvgIpc) is 2.75. The second-order valence-electron chi connectivity index (χ2n) is 8.46. The van der Waals surface area contributed by atoms with Crippen molar-refractivity contribution < 1.29 is 5.11 Å². The Labute approximate surface area is 181 Å². The van der Waals surface area contributed by atoms with Crippen LogP contribution in [0.4, 0.5) is 11.6 Å². The fourth-order valence-corrected chi connectivity index (χ4v) is 4.00. The van der Waals surface area contributed by atoms with Gasteiger partial charge < -0.3 is 21.1 Å². The molecular formula is C23H27N7O. The van der Waals surface area contributed by atoms with E-state index in [4.69, 9.17) is 5.73 Å². The van der Waals surface area contributed by atoms with Gasteiger partial charge in [0, 0.05) is 30.1 Å². The van der Waals surface area contributed by atoms with E-state index in [1.807, 2.05) is 45.2 Å². The minimum absolute atomic E-state index is 0.546. The summed E-state index contributed by atoms with van der Waals surface area (Å²) in [6.07, 6.45) is 2.67. The van der Waals surface area contributed by atoms with E-state index in [2.05, 4.69) is 31.5 Å². The van der Waals surface area contributed by atoms with Crippen molar-refractivity contribution in [3.8, 4) is 6.07 Å². The second-order valence-corrected chi connectivity index (χ2v) is 8.46. The van der Waals surface area contributed by atoms with E-state index in [0.717, 1.165) is 46.5 Å². The highest BCUT2D eigenvalue weighted by Crippen LogP contribution is 2.31. The SMILES string of the molecule is Cc1c(C#N)cccc1[C@@H](N)Nc1nnc(C)c2cnc(N3CCC(C)(O)CC3)cc12. The molecule has 0 unspecified atom stereocenters. The van der Waals surface area contributed by atoms with Crippen LogP contribution in [0.5, 0.6) is 0 Å². The summed E-state index contributed by atoms with van der Waals surface area (Å²) in [7, 11) is 0. The van der Waals surface area contributed by atoms with Crippen molar-refractivity contribution in [2.45, 2.75) is 45.4 Å². The number of rotatable bonds is 4. The Morgan fingerprint density at radius 3 is 2.68 bits per heavy atom. The number of hydrogen-bond donors (Lipinski definition) is 3. The quantitative estimate of drug-likeness (QED) is 0.554. The van der Waals surface area contributed by atoms with Gasteiger partial charge in [-0.1, -0.05) is 12.1 Å². The van der Waals surface area contributed by atoms with E-state index in [9.17, 15) is 10.4 Å². The van der Waals surface area contributed by atoms with Gasteiger partial charge in [0.05, 0.1) is 22.9 Å². The number of aliphatic hydroxyl groups is 1. The largest absolute Gasteiger partial charge is 0.390 e. The summed E-state index contributed by atoms with van der Waals surface area (Å²) in [6, 6.07) is 9.72. The fourth-order valence-electron chi connectivity index (χ4n) is 4.00. The molecule has 0 spiro atoms. The minimum Gasteiger partial charge on any atom is -0.390 e. The van der Waals surface area contributed by atoms with Gasteiger partial charge in [0.25, 0.3) is 0 Å². The molecule has 1 aromatic carbocycles. The lowest BCUT2D eigenvalue weighted by Gasteiger charge is -2.36. The Morgan fingerprint density at radius 2 is 1.97 bits per heavy atom. The molecule has 1 aliphatic rings. The molecule has 2 aromatic heterocycles. The Bertz CT molecular complexity index is 1160. The number of anilines is 2. The molecule has 8 nitrogen and oxygen atoms in total. The van der Waals surface area contributed by atoms with Gasteiger partial charge in [-0.25, -0.2) is 4.98 Å². The van der Waals surface area contributed by atoms with Crippen LogP contribution in [0, 0.1) is 25.2 Å². The number of aryl methyl sites for hydroxylation is 1. The van der Waals surface area contributed by atoms with Crippen molar-refractivity contribution in [3.05, 3.63) is 52.8 Å². The Morgan fingerprint density at radius 1 is 1.23 bits per heavy atom. The summed E-state index contributed by atoms with van der Waals surface area (Å²) in [4.78, 5) is 6.81. The molecule has 31 heavy (non-hydrogen) atoms. The lowest BCUT2D eigenvalue weighted by molar-refractivity contribution is 0.0350. The van der Waals surface area contributed by atoms with Crippen LogP contribution in [0.1, 0.15) is 48.3 Å². The molecule has 1 atom stereocenters. The van der Waals surface area contributed by atoms with Crippen LogP contribution in [0.3, 0.4) is 0 Å². The smallest absolute Gasteiger partial charge is 0.158 e. The first-order chi connectivity index (χ1) is 14.8. The summed E-state index contributed by atoms with van der Waals surface area (Å²) in [5.74, 6) is 1.41. The molecule has 1 fully saturated rings. The van der Waals surface area contributed by atoms with Crippen molar-refractivity contribution in [2.75, 3.05) is 23.3 Å². The summed E-state index contributed by atoms with van der Waals surface area (Å²) in [5.41, 5.74) is 8.90. The predicted molar refractivity (Wildman–Crippen MR) is 121 cm³/mol. The van der Waals surface area contributed by atoms with Gasteiger partial charge in [-0.05, 0) is 56.9 Å². The van der Waals surface area contributed by atoms with Crippen molar-refractivity contribution >= 4 is 22.4 Å². The van der Waals surface area contributed by atoms with E-state index in [-0.39, 0.29) is 0 Å². The van der Waals surface area contributed by atoms with Gasteiger partial charge in [0.15, 0.2) is 5.82 Å². The highest BCUT2D eigenvalue weighted by molar-refractivity contribution is 5.94. The third kappa shape index (κ3) is 4.15. The van der Waals surface area contributed by atoms with Crippen molar-refractivity contribution in [3.63, 3.8) is 0 Å². The zero-order valence-corrected chi connectivity index (χ0v) is 18.1. The van der Waals surface area contributed by atoms with Gasteiger partial charge in [-0.15, -0.1) is 5.10 Å². The topological polar surface area (TPSA) is 124 Å². The Balaban J connectivity index is 1.68. The fraction of sp³-hybridized carbons (Fsp3) is 0.391. The standard InChI is InChI=1S/C23H27N7O/c1-14-16(12-24)5-4-6-17(14)21(25)27-22-18-11-20(26-13-19(18)15(2)28-29-22)30-9-7-23(3,31)8-10-30/h4-6,11,13,21,31H,7-10,25H2,1-3H3,(H,27,29)/t21-/m0/s1. The lowest BCUT2D eigenvalue weighted by Crippen LogP contribution is -2.42. The molecule has 160 valence electrons. The molecule has 0 saturated carbocycles. The first kappa shape index (κ1) is 21.0. The third-order valence-electron chi connectivity index (χ3n) is 6.12. The van der Waals surface area contributed by atoms with Gasteiger partial charge in [-0.3, -0.25) is 0 Å². The van der Waals surface area contributed by atoms with Crippen LogP contribution >= 0.6 is 0 Å². The van der Waals surface area contributed by atoms with E-state index in [1.165, 1.54) is 0 Å². The molecule has 0 aliphatic carbocycles. The normalized spacial score (nSPS) is 16.7. The molecular weight excluding hydrogens is 390 g/mol. The monoisotopic (exact) mass is 417 g/mol. The van der Waals surface area contributed by atoms with Crippen LogP contribution in [0.25, 0.3) is 10.8 Å². The number of piperidine rings is 1. The number of nitrogens with one attached hydrogen (secondary N) is 1. The van der Waals surface area contributed by atoms with Crippen LogP contribution in [0.2, 0.25) is 0 Å².